The van der Waals surface area contributed by atoms with Crippen LogP contribution in [0.5, 0.6) is 0 Å². The van der Waals surface area contributed by atoms with Crippen molar-refractivity contribution in [3.63, 3.8) is 0 Å². The first-order valence-corrected chi connectivity index (χ1v) is 7.89. The summed E-state index contributed by atoms with van der Waals surface area (Å²) in [6.07, 6.45) is 5.63. The van der Waals surface area contributed by atoms with E-state index in [1.54, 1.807) is 0 Å². The normalized spacial score (nSPS) is 23.7. The zero-order chi connectivity index (χ0) is 14.8. The molecule has 1 aliphatic heterocycles. The molecule has 0 N–H and O–H groups in total. The fraction of sp³-hybridized carbons (Fsp3) is 0.800. The van der Waals surface area contributed by atoms with Crippen LogP contribution in [0.25, 0.3) is 0 Å². The molecule has 21 heavy (non-hydrogen) atoms. The lowest BCUT2D eigenvalue weighted by Gasteiger charge is -2.25. The van der Waals surface area contributed by atoms with E-state index < -0.39 is 0 Å². The van der Waals surface area contributed by atoms with Gasteiger partial charge in [-0.25, -0.2) is 4.63 Å². The summed E-state index contributed by atoms with van der Waals surface area (Å²) < 4.78 is 4.73. The molecule has 0 bridgehead atoms. The number of likely N-dealkylation sites (tertiary alicyclic amines) is 1. The van der Waals surface area contributed by atoms with Gasteiger partial charge in [0.2, 0.25) is 5.91 Å². The quantitative estimate of drug-likeness (QED) is 0.825. The summed E-state index contributed by atoms with van der Waals surface area (Å²) in [5.41, 5.74) is 1.73. The van der Waals surface area contributed by atoms with Crippen LogP contribution >= 0.6 is 0 Å². The van der Waals surface area contributed by atoms with Crippen LogP contribution in [0, 0.1) is 12.8 Å². The third kappa shape index (κ3) is 3.26. The summed E-state index contributed by atoms with van der Waals surface area (Å²) in [5, 5.41) is 7.72. The molecule has 0 spiro atoms. The molecule has 1 saturated heterocycles. The number of hydrogen-bond donors (Lipinski definition) is 0. The van der Waals surface area contributed by atoms with Gasteiger partial charge in [0.15, 0.2) is 0 Å². The van der Waals surface area contributed by atoms with E-state index >= 15 is 0 Å². The predicted octanol–water partition coefficient (Wildman–Crippen LogP) is 1.60. The second kappa shape index (κ2) is 6.13. The molecule has 1 saturated carbocycles. The Labute approximate surface area is 125 Å². The van der Waals surface area contributed by atoms with Crippen molar-refractivity contribution in [2.45, 2.75) is 51.6 Å². The van der Waals surface area contributed by atoms with Gasteiger partial charge in [0, 0.05) is 32.1 Å². The molecule has 1 aromatic heterocycles. The molecular weight excluding hydrogens is 268 g/mol. The molecule has 116 valence electrons. The highest BCUT2D eigenvalue weighted by atomic mass is 16.6. The van der Waals surface area contributed by atoms with E-state index in [4.69, 9.17) is 4.63 Å². The summed E-state index contributed by atoms with van der Waals surface area (Å²) in [7, 11) is 2.07. The van der Waals surface area contributed by atoms with Crippen molar-refractivity contribution in [1.29, 1.82) is 0 Å². The lowest BCUT2D eigenvalue weighted by atomic mass is 10.1. The van der Waals surface area contributed by atoms with E-state index in [2.05, 4.69) is 27.2 Å². The van der Waals surface area contributed by atoms with Gasteiger partial charge in [0.05, 0.1) is 0 Å². The first kappa shape index (κ1) is 14.5. The molecule has 1 amide bonds. The summed E-state index contributed by atoms with van der Waals surface area (Å²) in [6.45, 7) is 4.47. The Hall–Kier alpha value is -1.43. The largest absolute Gasteiger partial charge is 0.339 e. The van der Waals surface area contributed by atoms with E-state index in [1.807, 2.05) is 6.92 Å². The van der Waals surface area contributed by atoms with Crippen molar-refractivity contribution in [2.75, 3.05) is 20.1 Å². The molecule has 2 heterocycles. The lowest BCUT2D eigenvalue weighted by molar-refractivity contribution is -0.129. The Bertz CT molecular complexity index is 496. The molecule has 1 aliphatic carbocycles. The number of aryl methyl sites for hydroxylation is 1. The first-order valence-electron chi connectivity index (χ1n) is 7.89. The Balaban J connectivity index is 1.51. The molecular formula is C15H24N4O2. The van der Waals surface area contributed by atoms with E-state index in [0.29, 0.717) is 24.3 Å². The van der Waals surface area contributed by atoms with Crippen LogP contribution in [0.4, 0.5) is 0 Å². The first-order chi connectivity index (χ1) is 10.1. The average Bonchev–Trinajstić information content (AvgIpc) is 3.13. The highest BCUT2D eigenvalue weighted by molar-refractivity contribution is 5.79. The Kier molecular flexibility index (Phi) is 4.24. The second-order valence-electron chi connectivity index (χ2n) is 6.55. The minimum absolute atomic E-state index is 0.347. The predicted molar refractivity (Wildman–Crippen MR) is 77.4 cm³/mol. The molecule has 0 unspecified atom stereocenters. The van der Waals surface area contributed by atoms with Gasteiger partial charge in [-0.15, -0.1) is 0 Å². The molecule has 0 aromatic carbocycles. The summed E-state index contributed by atoms with van der Waals surface area (Å²) >= 11 is 0. The Morgan fingerprint density at radius 2 is 2.10 bits per heavy atom. The monoisotopic (exact) mass is 292 g/mol. The van der Waals surface area contributed by atoms with Crippen molar-refractivity contribution in [3.05, 3.63) is 11.4 Å². The summed E-state index contributed by atoms with van der Waals surface area (Å²) in [5.74, 6) is 0.780. The van der Waals surface area contributed by atoms with Crippen LogP contribution in [0.15, 0.2) is 4.63 Å². The second-order valence-corrected chi connectivity index (χ2v) is 6.55. The van der Waals surface area contributed by atoms with Crippen LogP contribution in [-0.2, 0) is 11.3 Å². The van der Waals surface area contributed by atoms with E-state index in [-0.39, 0.29) is 0 Å². The fourth-order valence-electron chi connectivity index (χ4n) is 3.65. The summed E-state index contributed by atoms with van der Waals surface area (Å²) in [4.78, 5) is 16.5. The van der Waals surface area contributed by atoms with Gasteiger partial charge in [-0.1, -0.05) is 23.2 Å². The third-order valence-corrected chi connectivity index (χ3v) is 4.74. The number of aromatic nitrogens is 2. The van der Waals surface area contributed by atoms with Crippen molar-refractivity contribution in [1.82, 2.24) is 20.1 Å². The van der Waals surface area contributed by atoms with Crippen molar-refractivity contribution in [3.8, 4) is 0 Å². The van der Waals surface area contributed by atoms with Gasteiger partial charge in [0.25, 0.3) is 0 Å². The molecule has 1 atom stereocenters. The van der Waals surface area contributed by atoms with Gasteiger partial charge in [-0.3, -0.25) is 9.69 Å². The Morgan fingerprint density at radius 1 is 1.33 bits per heavy atom. The average molecular weight is 292 g/mol. The number of carbonyl (C=O) groups excluding carboxylic acids is 1. The number of amides is 1. The molecule has 2 fully saturated rings. The van der Waals surface area contributed by atoms with E-state index in [1.165, 1.54) is 25.7 Å². The smallest absolute Gasteiger partial charge is 0.223 e. The molecule has 3 rings (SSSR count). The van der Waals surface area contributed by atoms with Gasteiger partial charge >= 0.3 is 0 Å². The SMILES string of the molecule is Cc1nonc1CN(C)C[C@H]1CC(=O)N(C2CCCC2)C1. The number of nitrogens with zero attached hydrogens (tertiary/aromatic N) is 4. The van der Waals surface area contributed by atoms with Crippen molar-refractivity contribution in [2.24, 2.45) is 5.92 Å². The standard InChI is InChI=1S/C15H24N4O2/c1-11-14(17-21-16-11)10-18(2)8-12-7-15(20)19(9-12)13-5-3-4-6-13/h12-13H,3-10H2,1-2H3/t12-/m1/s1. The van der Waals surface area contributed by atoms with Crippen molar-refractivity contribution >= 4 is 5.91 Å². The number of rotatable bonds is 5. The van der Waals surface area contributed by atoms with Crippen molar-refractivity contribution < 1.29 is 9.42 Å². The highest BCUT2D eigenvalue weighted by Gasteiger charge is 2.35. The maximum absolute atomic E-state index is 12.2. The minimum Gasteiger partial charge on any atom is -0.339 e. The molecule has 6 nitrogen and oxygen atoms in total. The Morgan fingerprint density at radius 3 is 2.76 bits per heavy atom. The van der Waals surface area contributed by atoms with Gasteiger partial charge in [-0.05, 0) is 32.7 Å². The van der Waals surface area contributed by atoms with E-state index in [9.17, 15) is 4.79 Å². The topological polar surface area (TPSA) is 62.5 Å². The van der Waals surface area contributed by atoms with Crippen LogP contribution in [0.3, 0.4) is 0 Å². The third-order valence-electron chi connectivity index (χ3n) is 4.74. The minimum atomic E-state index is 0.347. The zero-order valence-corrected chi connectivity index (χ0v) is 12.9. The molecule has 6 heteroatoms. The van der Waals surface area contributed by atoms with E-state index in [0.717, 1.165) is 31.0 Å². The number of carbonyl (C=O) groups is 1. The summed E-state index contributed by atoms with van der Waals surface area (Å²) in [6, 6.07) is 0.509. The van der Waals surface area contributed by atoms with Crippen LogP contribution in [0.1, 0.15) is 43.5 Å². The fourth-order valence-corrected chi connectivity index (χ4v) is 3.65. The highest BCUT2D eigenvalue weighted by Crippen LogP contribution is 2.29. The lowest BCUT2D eigenvalue weighted by Crippen LogP contribution is -2.35. The van der Waals surface area contributed by atoms with Crippen LogP contribution < -0.4 is 0 Å². The molecule has 2 aliphatic rings. The van der Waals surface area contributed by atoms with Crippen LogP contribution in [0.2, 0.25) is 0 Å². The maximum Gasteiger partial charge on any atom is 0.223 e. The van der Waals surface area contributed by atoms with Gasteiger partial charge in [-0.2, -0.15) is 0 Å². The van der Waals surface area contributed by atoms with Crippen LogP contribution in [-0.4, -0.2) is 52.2 Å². The van der Waals surface area contributed by atoms with Gasteiger partial charge in [0.1, 0.15) is 11.4 Å². The maximum atomic E-state index is 12.2. The molecule has 1 aromatic rings. The van der Waals surface area contributed by atoms with Gasteiger partial charge < -0.3 is 4.90 Å². The zero-order valence-electron chi connectivity index (χ0n) is 12.9. The molecule has 0 radical (unpaired) electrons. The number of hydrogen-bond acceptors (Lipinski definition) is 5.